The molecule has 7 nitrogen and oxygen atoms in total. The fourth-order valence-electron chi connectivity index (χ4n) is 3.07. The number of halogens is 1. The monoisotopic (exact) mass is 348 g/mol. The van der Waals surface area contributed by atoms with Gasteiger partial charge in [0.1, 0.15) is 6.33 Å². The Labute approximate surface area is 145 Å². The van der Waals surface area contributed by atoms with E-state index in [1.807, 2.05) is 0 Å². The summed E-state index contributed by atoms with van der Waals surface area (Å²) in [4.78, 5) is 12.2. The van der Waals surface area contributed by atoms with Gasteiger partial charge in [-0.05, 0) is 47.4 Å². The zero-order valence-electron chi connectivity index (χ0n) is 13.6. The van der Waals surface area contributed by atoms with E-state index in [0.29, 0.717) is 22.7 Å². The first-order chi connectivity index (χ1) is 11.6. The summed E-state index contributed by atoms with van der Waals surface area (Å²) in [6.45, 7) is 2.52. The average molecular weight is 349 g/mol. The second-order valence-electron chi connectivity index (χ2n) is 6.22. The van der Waals surface area contributed by atoms with Crippen molar-refractivity contribution in [3.63, 3.8) is 0 Å². The first-order valence-electron chi connectivity index (χ1n) is 8.19. The molecule has 1 aliphatic rings. The van der Waals surface area contributed by atoms with Crippen molar-refractivity contribution in [1.82, 2.24) is 25.5 Å². The van der Waals surface area contributed by atoms with Crippen molar-refractivity contribution >= 4 is 23.2 Å². The smallest absolute Gasteiger partial charge is 0.238 e. The van der Waals surface area contributed by atoms with E-state index in [-0.39, 0.29) is 12.5 Å². The number of anilines is 1. The van der Waals surface area contributed by atoms with Crippen LogP contribution in [-0.2, 0) is 4.79 Å². The van der Waals surface area contributed by atoms with Gasteiger partial charge in [-0.3, -0.25) is 4.79 Å². The molecule has 0 unspecified atom stereocenters. The van der Waals surface area contributed by atoms with Gasteiger partial charge in [0, 0.05) is 6.04 Å². The number of nitrogens with zero attached hydrogens (tertiary/aromatic N) is 4. The van der Waals surface area contributed by atoms with E-state index in [1.165, 1.54) is 30.3 Å². The Hall–Kier alpha value is -1.99. The third-order valence-electron chi connectivity index (χ3n) is 4.47. The zero-order valence-corrected chi connectivity index (χ0v) is 14.3. The van der Waals surface area contributed by atoms with Gasteiger partial charge in [0.05, 0.1) is 22.9 Å². The molecule has 0 spiro atoms. The van der Waals surface area contributed by atoms with Crippen molar-refractivity contribution < 1.29 is 4.79 Å². The molecule has 0 saturated heterocycles. The minimum Gasteiger partial charge on any atom is -0.324 e. The molecule has 1 aromatic heterocycles. The van der Waals surface area contributed by atoms with Gasteiger partial charge < -0.3 is 10.6 Å². The second-order valence-corrected chi connectivity index (χ2v) is 6.62. The Kier molecular flexibility index (Phi) is 5.42. The maximum absolute atomic E-state index is 12.2. The normalized spacial score (nSPS) is 20.8. The minimum atomic E-state index is -0.108. The maximum Gasteiger partial charge on any atom is 0.238 e. The number of hydrogen-bond acceptors (Lipinski definition) is 5. The Morgan fingerprint density at radius 3 is 2.96 bits per heavy atom. The van der Waals surface area contributed by atoms with Gasteiger partial charge in [0.2, 0.25) is 5.91 Å². The van der Waals surface area contributed by atoms with Crippen LogP contribution >= 0.6 is 11.6 Å². The molecule has 1 amide bonds. The van der Waals surface area contributed by atoms with Gasteiger partial charge in [-0.15, -0.1) is 5.10 Å². The van der Waals surface area contributed by atoms with Gasteiger partial charge in [-0.1, -0.05) is 31.4 Å². The van der Waals surface area contributed by atoms with Crippen LogP contribution in [0.1, 0.15) is 32.6 Å². The van der Waals surface area contributed by atoms with Crippen molar-refractivity contribution in [3.05, 3.63) is 29.5 Å². The van der Waals surface area contributed by atoms with E-state index < -0.39 is 0 Å². The van der Waals surface area contributed by atoms with Gasteiger partial charge in [0.15, 0.2) is 0 Å². The standard InChI is InChI=1S/C16H21ClN6O/c1-11-4-2-3-5-14(11)18-9-16(24)20-15-8-12(6-7-13(15)17)23-10-19-21-22-23/h6-8,10-11,14,18H,2-5,9H2,1H3,(H,20,24)/t11-,14-/m0/s1. The molecule has 1 aromatic carbocycles. The molecule has 1 heterocycles. The largest absolute Gasteiger partial charge is 0.324 e. The number of amides is 1. The van der Waals surface area contributed by atoms with Crippen LogP contribution in [-0.4, -0.2) is 38.7 Å². The highest BCUT2D eigenvalue weighted by molar-refractivity contribution is 6.33. The molecule has 2 aromatic rings. The van der Waals surface area contributed by atoms with Gasteiger partial charge >= 0.3 is 0 Å². The maximum atomic E-state index is 12.2. The summed E-state index contributed by atoms with van der Waals surface area (Å²) in [5.74, 6) is 0.502. The van der Waals surface area contributed by atoms with Crippen molar-refractivity contribution in [2.24, 2.45) is 5.92 Å². The predicted molar refractivity (Wildman–Crippen MR) is 92.2 cm³/mol. The van der Waals surface area contributed by atoms with Crippen LogP contribution in [0.25, 0.3) is 5.69 Å². The number of tetrazole rings is 1. The zero-order chi connectivity index (χ0) is 16.9. The van der Waals surface area contributed by atoms with Crippen molar-refractivity contribution in [3.8, 4) is 5.69 Å². The summed E-state index contributed by atoms with van der Waals surface area (Å²) in [5.41, 5.74) is 1.28. The Balaban J connectivity index is 1.60. The van der Waals surface area contributed by atoms with Gasteiger partial charge in [-0.25, -0.2) is 4.68 Å². The Morgan fingerprint density at radius 2 is 2.21 bits per heavy atom. The number of carbonyl (C=O) groups excluding carboxylic acids is 1. The number of carbonyl (C=O) groups is 1. The molecule has 1 saturated carbocycles. The number of benzene rings is 1. The predicted octanol–water partition coefficient (Wildman–Crippen LogP) is 2.42. The molecular weight excluding hydrogens is 328 g/mol. The van der Waals surface area contributed by atoms with Crippen LogP contribution < -0.4 is 10.6 Å². The minimum absolute atomic E-state index is 0.108. The van der Waals surface area contributed by atoms with Gasteiger partial charge in [0.25, 0.3) is 0 Å². The third kappa shape index (κ3) is 4.10. The first kappa shape index (κ1) is 16.9. The molecule has 2 N–H and O–H groups in total. The molecule has 0 aliphatic heterocycles. The van der Waals surface area contributed by atoms with Gasteiger partial charge in [-0.2, -0.15) is 0 Å². The molecule has 1 fully saturated rings. The second kappa shape index (κ2) is 7.72. The topological polar surface area (TPSA) is 84.7 Å². The van der Waals surface area contributed by atoms with E-state index in [2.05, 4.69) is 33.1 Å². The SMILES string of the molecule is C[C@H]1CCCC[C@@H]1NCC(=O)Nc1cc(-n2cnnn2)ccc1Cl. The summed E-state index contributed by atoms with van der Waals surface area (Å²) in [6, 6.07) is 5.66. The van der Waals surface area contributed by atoms with Crippen molar-refractivity contribution in [2.75, 3.05) is 11.9 Å². The molecule has 8 heteroatoms. The fraction of sp³-hybridized carbons (Fsp3) is 0.500. The van der Waals surface area contributed by atoms with Crippen LogP contribution in [0.15, 0.2) is 24.5 Å². The number of rotatable bonds is 5. The molecule has 24 heavy (non-hydrogen) atoms. The number of nitrogens with one attached hydrogen (secondary N) is 2. The summed E-state index contributed by atoms with van der Waals surface area (Å²) in [6.07, 6.45) is 6.35. The van der Waals surface area contributed by atoms with Crippen LogP contribution in [0.4, 0.5) is 5.69 Å². The quantitative estimate of drug-likeness (QED) is 0.866. The molecule has 0 radical (unpaired) electrons. The third-order valence-corrected chi connectivity index (χ3v) is 4.80. The van der Waals surface area contributed by atoms with Crippen LogP contribution in [0.2, 0.25) is 5.02 Å². The van der Waals surface area contributed by atoms with Crippen molar-refractivity contribution in [1.29, 1.82) is 0 Å². The fourth-order valence-corrected chi connectivity index (χ4v) is 3.23. The summed E-state index contributed by atoms with van der Waals surface area (Å²) in [5, 5.41) is 17.7. The molecular formula is C16H21ClN6O. The lowest BCUT2D eigenvalue weighted by molar-refractivity contribution is -0.115. The van der Waals surface area contributed by atoms with Crippen LogP contribution in [0.3, 0.4) is 0 Å². The van der Waals surface area contributed by atoms with E-state index in [9.17, 15) is 4.79 Å². The summed E-state index contributed by atoms with van der Waals surface area (Å²) >= 11 is 6.18. The van der Waals surface area contributed by atoms with Crippen molar-refractivity contribution in [2.45, 2.75) is 38.6 Å². The highest BCUT2D eigenvalue weighted by Gasteiger charge is 2.21. The molecule has 1 aliphatic carbocycles. The summed E-state index contributed by atoms with van der Waals surface area (Å²) in [7, 11) is 0. The molecule has 0 bridgehead atoms. The average Bonchev–Trinajstić information content (AvgIpc) is 3.11. The van der Waals surface area contributed by atoms with E-state index in [4.69, 9.17) is 11.6 Å². The Morgan fingerprint density at radius 1 is 1.38 bits per heavy atom. The first-order valence-corrected chi connectivity index (χ1v) is 8.57. The Bertz CT molecular complexity index is 690. The molecule has 128 valence electrons. The lowest BCUT2D eigenvalue weighted by Crippen LogP contribution is -2.41. The number of hydrogen-bond donors (Lipinski definition) is 2. The summed E-state index contributed by atoms with van der Waals surface area (Å²) < 4.78 is 1.51. The highest BCUT2D eigenvalue weighted by atomic mass is 35.5. The van der Waals surface area contributed by atoms with E-state index in [0.717, 1.165) is 12.1 Å². The molecule has 3 rings (SSSR count). The number of aromatic nitrogens is 4. The van der Waals surface area contributed by atoms with Crippen LogP contribution in [0, 0.1) is 5.92 Å². The highest BCUT2D eigenvalue weighted by Crippen LogP contribution is 2.25. The van der Waals surface area contributed by atoms with Crippen LogP contribution in [0.5, 0.6) is 0 Å². The molecule has 2 atom stereocenters. The lowest BCUT2D eigenvalue weighted by Gasteiger charge is -2.29. The van der Waals surface area contributed by atoms with E-state index in [1.54, 1.807) is 18.2 Å². The lowest BCUT2D eigenvalue weighted by atomic mass is 9.86. The van der Waals surface area contributed by atoms with E-state index >= 15 is 0 Å².